The average molecular weight is 337 g/mol. The van der Waals surface area contributed by atoms with E-state index in [0.717, 1.165) is 34.9 Å². The van der Waals surface area contributed by atoms with E-state index in [1.165, 1.54) is 5.56 Å². The van der Waals surface area contributed by atoms with Crippen molar-refractivity contribution >= 4 is 16.9 Å². The molecule has 1 aromatic heterocycles. The summed E-state index contributed by atoms with van der Waals surface area (Å²) in [7, 11) is 0. The molecule has 0 saturated heterocycles. The summed E-state index contributed by atoms with van der Waals surface area (Å²) in [4.78, 5) is 12.4. The number of carbonyl (C=O) groups excluding carboxylic acids is 1. The maximum Gasteiger partial charge on any atom is 0.287 e. The third-order valence-corrected chi connectivity index (χ3v) is 4.38. The number of amides is 1. The Kier molecular flexibility index (Phi) is 5.08. The molecule has 1 amide bonds. The third kappa shape index (κ3) is 3.85. The van der Waals surface area contributed by atoms with Gasteiger partial charge in [-0.1, -0.05) is 31.5 Å². The highest BCUT2D eigenvalue weighted by atomic mass is 16.3. The summed E-state index contributed by atoms with van der Waals surface area (Å²) < 4.78 is 5.77. The van der Waals surface area contributed by atoms with Gasteiger partial charge in [0.2, 0.25) is 0 Å². The van der Waals surface area contributed by atoms with Crippen LogP contribution in [0.5, 0.6) is 5.75 Å². The van der Waals surface area contributed by atoms with Crippen LogP contribution in [0.15, 0.2) is 46.9 Å². The Morgan fingerprint density at radius 1 is 1.08 bits per heavy atom. The molecular formula is C21H23NO3. The van der Waals surface area contributed by atoms with Gasteiger partial charge in [-0.15, -0.1) is 0 Å². The summed E-state index contributed by atoms with van der Waals surface area (Å²) in [5, 5.41) is 13.2. The summed E-state index contributed by atoms with van der Waals surface area (Å²) >= 11 is 0. The molecule has 0 aliphatic carbocycles. The number of rotatable bonds is 6. The first kappa shape index (κ1) is 17.1. The molecule has 2 N–H and O–H groups in total. The molecule has 2 aromatic carbocycles. The lowest BCUT2D eigenvalue weighted by atomic mass is 10.1. The zero-order valence-corrected chi connectivity index (χ0v) is 14.6. The first-order valence-corrected chi connectivity index (χ1v) is 8.66. The Morgan fingerprint density at radius 2 is 1.80 bits per heavy atom. The van der Waals surface area contributed by atoms with Crippen LogP contribution in [0.3, 0.4) is 0 Å². The minimum absolute atomic E-state index is 0.190. The lowest BCUT2D eigenvalue weighted by Crippen LogP contribution is -2.25. The van der Waals surface area contributed by atoms with Crippen LogP contribution in [-0.4, -0.2) is 17.6 Å². The van der Waals surface area contributed by atoms with E-state index in [1.807, 2.05) is 25.1 Å². The Morgan fingerprint density at radius 3 is 2.52 bits per heavy atom. The standard InChI is InChI=1S/C21H23NO3/c1-3-4-16-7-10-19-18(13-16)14(2)20(25-19)21(24)22-12-11-15-5-8-17(23)9-6-15/h5-10,13,23H,3-4,11-12H2,1-2H3,(H,22,24). The van der Waals surface area contributed by atoms with Crippen LogP contribution in [0.4, 0.5) is 0 Å². The van der Waals surface area contributed by atoms with Crippen molar-refractivity contribution in [2.75, 3.05) is 6.54 Å². The van der Waals surface area contributed by atoms with Crippen molar-refractivity contribution in [3.05, 3.63) is 64.9 Å². The predicted octanol–water partition coefficient (Wildman–Crippen LogP) is 4.37. The molecule has 0 atom stereocenters. The van der Waals surface area contributed by atoms with Crippen LogP contribution in [0.1, 0.15) is 40.6 Å². The molecule has 25 heavy (non-hydrogen) atoms. The summed E-state index contributed by atoms with van der Waals surface area (Å²) in [5.74, 6) is 0.437. The molecule has 3 aromatic rings. The van der Waals surface area contributed by atoms with Crippen LogP contribution in [0, 0.1) is 6.92 Å². The zero-order chi connectivity index (χ0) is 17.8. The smallest absolute Gasteiger partial charge is 0.287 e. The number of phenols is 1. The molecule has 4 nitrogen and oxygen atoms in total. The van der Waals surface area contributed by atoms with E-state index in [2.05, 4.69) is 24.4 Å². The first-order chi connectivity index (χ1) is 12.1. The van der Waals surface area contributed by atoms with Crippen LogP contribution in [0.2, 0.25) is 0 Å². The number of furan rings is 1. The number of phenolic OH excluding ortho intramolecular Hbond substituents is 1. The molecule has 4 heteroatoms. The van der Waals surface area contributed by atoms with Gasteiger partial charge in [-0.2, -0.15) is 0 Å². The van der Waals surface area contributed by atoms with Gasteiger partial charge in [-0.25, -0.2) is 0 Å². The molecule has 130 valence electrons. The number of aromatic hydroxyl groups is 1. The number of nitrogens with one attached hydrogen (secondary N) is 1. The number of carbonyl (C=O) groups is 1. The zero-order valence-electron chi connectivity index (χ0n) is 14.6. The molecule has 3 rings (SSSR count). The van der Waals surface area contributed by atoms with E-state index >= 15 is 0 Å². The summed E-state index contributed by atoms with van der Waals surface area (Å²) in [6.45, 7) is 4.59. The minimum Gasteiger partial charge on any atom is -0.508 e. The number of hydrogen-bond donors (Lipinski definition) is 2. The van der Waals surface area contributed by atoms with Crippen molar-refractivity contribution in [1.29, 1.82) is 0 Å². The Bertz CT molecular complexity index is 878. The second-order valence-corrected chi connectivity index (χ2v) is 6.31. The van der Waals surface area contributed by atoms with Crippen molar-refractivity contribution in [2.24, 2.45) is 0 Å². The maximum atomic E-state index is 12.4. The first-order valence-electron chi connectivity index (χ1n) is 8.66. The van der Waals surface area contributed by atoms with Gasteiger partial charge in [0, 0.05) is 17.5 Å². The number of hydrogen-bond acceptors (Lipinski definition) is 3. The maximum absolute atomic E-state index is 12.4. The molecule has 0 radical (unpaired) electrons. The Balaban J connectivity index is 1.69. The topological polar surface area (TPSA) is 62.5 Å². The van der Waals surface area contributed by atoms with Crippen molar-refractivity contribution in [3.8, 4) is 5.75 Å². The van der Waals surface area contributed by atoms with Crippen LogP contribution < -0.4 is 5.32 Å². The fourth-order valence-corrected chi connectivity index (χ4v) is 2.99. The fraction of sp³-hybridized carbons (Fsp3) is 0.286. The van der Waals surface area contributed by atoms with E-state index in [0.29, 0.717) is 18.7 Å². The number of fused-ring (bicyclic) bond motifs is 1. The van der Waals surface area contributed by atoms with Crippen molar-refractivity contribution in [3.63, 3.8) is 0 Å². The van der Waals surface area contributed by atoms with Gasteiger partial charge in [0.25, 0.3) is 5.91 Å². The fourth-order valence-electron chi connectivity index (χ4n) is 2.99. The summed E-state index contributed by atoms with van der Waals surface area (Å²) in [6.07, 6.45) is 2.81. The normalized spacial score (nSPS) is 11.0. The largest absolute Gasteiger partial charge is 0.508 e. The van der Waals surface area contributed by atoms with Crippen molar-refractivity contribution in [2.45, 2.75) is 33.1 Å². The Labute approximate surface area is 147 Å². The third-order valence-electron chi connectivity index (χ3n) is 4.38. The van der Waals surface area contributed by atoms with Gasteiger partial charge in [0.1, 0.15) is 11.3 Å². The monoisotopic (exact) mass is 337 g/mol. The molecule has 0 bridgehead atoms. The van der Waals surface area contributed by atoms with Crippen LogP contribution in [0.25, 0.3) is 11.0 Å². The van der Waals surface area contributed by atoms with Gasteiger partial charge in [0.15, 0.2) is 5.76 Å². The van der Waals surface area contributed by atoms with E-state index in [-0.39, 0.29) is 11.7 Å². The second kappa shape index (κ2) is 7.43. The summed E-state index contributed by atoms with van der Waals surface area (Å²) in [6, 6.07) is 13.1. The predicted molar refractivity (Wildman–Crippen MR) is 99.1 cm³/mol. The molecule has 0 saturated carbocycles. The van der Waals surface area contributed by atoms with Gasteiger partial charge < -0.3 is 14.8 Å². The summed E-state index contributed by atoms with van der Waals surface area (Å²) in [5.41, 5.74) is 3.96. The van der Waals surface area contributed by atoms with Gasteiger partial charge in [0.05, 0.1) is 0 Å². The van der Waals surface area contributed by atoms with E-state index in [9.17, 15) is 9.90 Å². The molecule has 0 spiro atoms. The number of benzene rings is 2. The molecule has 0 aliphatic rings. The van der Waals surface area contributed by atoms with Crippen molar-refractivity contribution in [1.82, 2.24) is 5.32 Å². The van der Waals surface area contributed by atoms with Gasteiger partial charge in [-0.3, -0.25) is 4.79 Å². The molecular weight excluding hydrogens is 314 g/mol. The van der Waals surface area contributed by atoms with Gasteiger partial charge >= 0.3 is 0 Å². The van der Waals surface area contributed by atoms with E-state index in [4.69, 9.17) is 4.42 Å². The highest BCUT2D eigenvalue weighted by Crippen LogP contribution is 2.26. The van der Waals surface area contributed by atoms with Crippen molar-refractivity contribution < 1.29 is 14.3 Å². The average Bonchev–Trinajstić information content (AvgIpc) is 2.94. The SMILES string of the molecule is CCCc1ccc2oc(C(=O)NCCc3ccc(O)cc3)c(C)c2c1. The Hall–Kier alpha value is -2.75. The lowest BCUT2D eigenvalue weighted by molar-refractivity contribution is 0.0928. The molecule has 0 unspecified atom stereocenters. The van der Waals surface area contributed by atoms with Crippen LogP contribution >= 0.6 is 0 Å². The minimum atomic E-state index is -0.190. The second-order valence-electron chi connectivity index (χ2n) is 6.31. The highest BCUT2D eigenvalue weighted by Gasteiger charge is 2.17. The number of aryl methyl sites for hydroxylation is 2. The molecule has 0 fully saturated rings. The lowest BCUT2D eigenvalue weighted by Gasteiger charge is -2.04. The highest BCUT2D eigenvalue weighted by molar-refractivity contribution is 5.99. The van der Waals surface area contributed by atoms with E-state index < -0.39 is 0 Å². The molecule has 1 heterocycles. The molecule has 0 aliphatic heterocycles. The van der Waals surface area contributed by atoms with Gasteiger partial charge in [-0.05, 0) is 55.2 Å². The van der Waals surface area contributed by atoms with Crippen LogP contribution in [-0.2, 0) is 12.8 Å². The quantitative estimate of drug-likeness (QED) is 0.702. The van der Waals surface area contributed by atoms with E-state index in [1.54, 1.807) is 12.1 Å².